The van der Waals surface area contributed by atoms with Crippen molar-refractivity contribution in [1.29, 1.82) is 0 Å². The minimum Gasteiger partial charge on any atom is -0.495 e. The summed E-state index contributed by atoms with van der Waals surface area (Å²) in [6.45, 7) is 1.65. The van der Waals surface area contributed by atoms with Crippen molar-refractivity contribution in [3.63, 3.8) is 0 Å². The van der Waals surface area contributed by atoms with E-state index in [1.165, 1.54) is 0 Å². The lowest BCUT2D eigenvalue weighted by atomic mass is 9.94. The normalized spacial score (nSPS) is 17.2. The number of hydrogen-bond donors (Lipinski definition) is 3. The molecule has 1 aliphatic heterocycles. The van der Waals surface area contributed by atoms with Crippen molar-refractivity contribution in [3.05, 3.63) is 24.3 Å². The first-order valence-electron chi connectivity index (χ1n) is 7.07. The highest BCUT2D eigenvalue weighted by Crippen LogP contribution is 2.22. The van der Waals surface area contributed by atoms with Crippen molar-refractivity contribution >= 4 is 11.6 Å². The highest BCUT2D eigenvalue weighted by atomic mass is 16.5. The molecule has 1 fully saturated rings. The number of amides is 1. The van der Waals surface area contributed by atoms with Crippen LogP contribution in [0.1, 0.15) is 12.8 Å². The number of carbonyl (C=O) groups is 1. The molecule has 1 aliphatic rings. The van der Waals surface area contributed by atoms with E-state index in [1.54, 1.807) is 19.2 Å². The second kappa shape index (κ2) is 7.40. The number of nitrogens with one attached hydrogen (secondary N) is 2. The van der Waals surface area contributed by atoms with E-state index in [0.29, 0.717) is 44.0 Å². The first-order chi connectivity index (χ1) is 10.1. The van der Waals surface area contributed by atoms with Gasteiger partial charge >= 0.3 is 0 Å². The smallest absolute Gasteiger partial charge is 0.238 e. The van der Waals surface area contributed by atoms with Gasteiger partial charge in [-0.15, -0.1) is 0 Å². The van der Waals surface area contributed by atoms with Gasteiger partial charge in [-0.25, -0.2) is 0 Å². The number of benzene rings is 1. The lowest BCUT2D eigenvalue weighted by Gasteiger charge is -2.32. The fourth-order valence-corrected chi connectivity index (χ4v) is 2.28. The summed E-state index contributed by atoms with van der Waals surface area (Å²) in [5.74, 6) is 0.448. The van der Waals surface area contributed by atoms with Gasteiger partial charge in [-0.05, 0) is 12.1 Å². The Morgan fingerprint density at radius 3 is 2.81 bits per heavy atom. The fraction of sp³-hybridized carbons (Fsp3) is 0.533. The van der Waals surface area contributed by atoms with Crippen LogP contribution < -0.4 is 15.4 Å². The Balaban J connectivity index is 1.77. The van der Waals surface area contributed by atoms with Crippen molar-refractivity contribution in [2.45, 2.75) is 18.4 Å². The van der Waals surface area contributed by atoms with Gasteiger partial charge in [0.25, 0.3) is 0 Å². The van der Waals surface area contributed by atoms with Crippen molar-refractivity contribution < 1.29 is 19.4 Å². The van der Waals surface area contributed by atoms with Gasteiger partial charge in [-0.1, -0.05) is 12.1 Å². The van der Waals surface area contributed by atoms with Gasteiger partial charge in [0, 0.05) is 32.6 Å². The van der Waals surface area contributed by atoms with Crippen LogP contribution in [0.2, 0.25) is 0 Å². The molecule has 0 radical (unpaired) electrons. The number of carbonyl (C=O) groups excluding carboxylic acids is 1. The number of ether oxygens (including phenoxy) is 2. The monoisotopic (exact) mass is 294 g/mol. The predicted molar refractivity (Wildman–Crippen MR) is 79.5 cm³/mol. The molecule has 21 heavy (non-hydrogen) atoms. The van der Waals surface area contributed by atoms with E-state index < -0.39 is 5.60 Å². The highest BCUT2D eigenvalue weighted by molar-refractivity contribution is 5.93. The van der Waals surface area contributed by atoms with Crippen molar-refractivity contribution in [2.24, 2.45) is 0 Å². The van der Waals surface area contributed by atoms with E-state index in [2.05, 4.69) is 10.6 Å². The van der Waals surface area contributed by atoms with Gasteiger partial charge in [-0.3, -0.25) is 4.79 Å². The lowest BCUT2D eigenvalue weighted by Crippen LogP contribution is -2.46. The molecule has 1 heterocycles. The Kier molecular flexibility index (Phi) is 5.55. The highest BCUT2D eigenvalue weighted by Gasteiger charge is 2.29. The number of aliphatic hydroxyl groups is 1. The average molecular weight is 294 g/mol. The molecule has 1 amide bonds. The second-order valence-corrected chi connectivity index (χ2v) is 5.19. The molecule has 0 saturated carbocycles. The molecule has 0 spiro atoms. The largest absolute Gasteiger partial charge is 0.495 e. The molecule has 0 unspecified atom stereocenters. The molecule has 3 N–H and O–H groups in total. The molecular formula is C15H22N2O4. The van der Waals surface area contributed by atoms with Crippen LogP contribution in [-0.2, 0) is 9.53 Å². The molecule has 1 aromatic rings. The molecule has 2 rings (SSSR count). The maximum absolute atomic E-state index is 11.9. The Hall–Kier alpha value is -1.63. The van der Waals surface area contributed by atoms with Crippen LogP contribution in [0.5, 0.6) is 5.75 Å². The Bertz CT molecular complexity index is 472. The number of rotatable bonds is 6. The standard InChI is InChI=1S/C15H22N2O4/c1-20-13-5-3-2-4-12(13)17-14(18)10-16-11-15(19)6-8-21-9-7-15/h2-5,16,19H,6-11H2,1H3,(H,17,18). The molecule has 0 bridgehead atoms. The van der Waals surface area contributed by atoms with Crippen molar-refractivity contribution in [1.82, 2.24) is 5.32 Å². The van der Waals surface area contributed by atoms with Gasteiger partial charge in [0.2, 0.25) is 5.91 Å². The first kappa shape index (κ1) is 15.8. The summed E-state index contributed by atoms with van der Waals surface area (Å²) >= 11 is 0. The van der Waals surface area contributed by atoms with E-state index in [4.69, 9.17) is 9.47 Å². The molecule has 6 heteroatoms. The Labute approximate surface area is 124 Å². The third kappa shape index (κ3) is 4.70. The van der Waals surface area contributed by atoms with Gasteiger partial charge in [0.15, 0.2) is 0 Å². The van der Waals surface area contributed by atoms with Gasteiger partial charge in [0.05, 0.1) is 24.9 Å². The number of para-hydroxylation sites is 2. The van der Waals surface area contributed by atoms with E-state index in [9.17, 15) is 9.90 Å². The lowest BCUT2D eigenvalue weighted by molar-refractivity contribution is -0.115. The summed E-state index contributed by atoms with van der Waals surface area (Å²) < 4.78 is 10.4. The zero-order chi connectivity index (χ0) is 15.1. The number of anilines is 1. The molecule has 0 aromatic heterocycles. The fourth-order valence-electron chi connectivity index (χ4n) is 2.28. The Morgan fingerprint density at radius 2 is 2.10 bits per heavy atom. The van der Waals surface area contributed by atoms with Gasteiger partial charge < -0.3 is 25.2 Å². The van der Waals surface area contributed by atoms with Gasteiger partial charge in [-0.2, -0.15) is 0 Å². The van der Waals surface area contributed by atoms with Gasteiger partial charge in [0.1, 0.15) is 5.75 Å². The van der Waals surface area contributed by atoms with Crippen LogP contribution in [0.3, 0.4) is 0 Å². The zero-order valence-corrected chi connectivity index (χ0v) is 12.2. The minimum absolute atomic E-state index is 0.140. The third-order valence-electron chi connectivity index (χ3n) is 3.54. The predicted octanol–water partition coefficient (Wildman–Crippen LogP) is 0.765. The molecule has 6 nitrogen and oxygen atoms in total. The number of hydrogen-bond acceptors (Lipinski definition) is 5. The molecule has 0 atom stereocenters. The zero-order valence-electron chi connectivity index (χ0n) is 12.2. The summed E-state index contributed by atoms with van der Waals surface area (Å²) in [6.07, 6.45) is 1.18. The molecule has 0 aliphatic carbocycles. The molecule has 1 saturated heterocycles. The summed E-state index contributed by atoms with van der Waals surface area (Å²) in [6, 6.07) is 7.24. The minimum atomic E-state index is -0.775. The molecule has 116 valence electrons. The third-order valence-corrected chi connectivity index (χ3v) is 3.54. The van der Waals surface area contributed by atoms with Crippen molar-refractivity contribution in [3.8, 4) is 5.75 Å². The van der Waals surface area contributed by atoms with E-state index in [0.717, 1.165) is 0 Å². The maximum atomic E-state index is 11.9. The summed E-state index contributed by atoms with van der Waals surface area (Å²) in [4.78, 5) is 11.9. The SMILES string of the molecule is COc1ccccc1NC(=O)CNCC1(O)CCOCC1. The quantitative estimate of drug-likeness (QED) is 0.722. The van der Waals surface area contributed by atoms with E-state index >= 15 is 0 Å². The van der Waals surface area contributed by atoms with Crippen LogP contribution in [0, 0.1) is 0 Å². The molecule has 1 aromatic carbocycles. The van der Waals surface area contributed by atoms with Crippen LogP contribution in [0.15, 0.2) is 24.3 Å². The van der Waals surface area contributed by atoms with E-state index in [-0.39, 0.29) is 12.5 Å². The first-order valence-corrected chi connectivity index (χ1v) is 7.07. The average Bonchev–Trinajstić information content (AvgIpc) is 2.48. The summed E-state index contributed by atoms with van der Waals surface area (Å²) in [7, 11) is 1.56. The molecular weight excluding hydrogens is 272 g/mol. The number of methoxy groups -OCH3 is 1. The van der Waals surface area contributed by atoms with Crippen LogP contribution >= 0.6 is 0 Å². The topological polar surface area (TPSA) is 79.8 Å². The Morgan fingerprint density at radius 1 is 1.38 bits per heavy atom. The van der Waals surface area contributed by atoms with Crippen LogP contribution in [0.4, 0.5) is 5.69 Å². The van der Waals surface area contributed by atoms with Crippen LogP contribution in [0.25, 0.3) is 0 Å². The summed E-state index contributed by atoms with van der Waals surface area (Å²) in [5, 5.41) is 16.0. The van der Waals surface area contributed by atoms with Crippen molar-refractivity contribution in [2.75, 3.05) is 38.7 Å². The van der Waals surface area contributed by atoms with E-state index in [1.807, 2.05) is 12.1 Å². The van der Waals surface area contributed by atoms with Crippen LogP contribution in [-0.4, -0.2) is 50.0 Å². The second-order valence-electron chi connectivity index (χ2n) is 5.19. The summed E-state index contributed by atoms with van der Waals surface area (Å²) in [5.41, 5.74) is -0.139. The maximum Gasteiger partial charge on any atom is 0.238 e.